The minimum absolute atomic E-state index is 0.0436. The maximum atomic E-state index is 14.4. The smallest absolute Gasteiger partial charge is 0.326 e. The number of rotatable bonds is 40. The van der Waals surface area contributed by atoms with Gasteiger partial charge < -0.3 is 95.3 Å². The molecule has 0 spiro atoms. The lowest BCUT2D eigenvalue weighted by Crippen LogP contribution is -2.61. The van der Waals surface area contributed by atoms with Crippen LogP contribution in [0.3, 0.4) is 0 Å². The molecule has 480 valence electrons. The number of nitrogens with two attached hydrogens (primary N) is 2. The first-order valence-corrected chi connectivity index (χ1v) is 28.5. The number of aliphatic carboxylic acids is 4. The number of benzene rings is 2. The molecule has 31 heteroatoms. The van der Waals surface area contributed by atoms with Gasteiger partial charge in [-0.1, -0.05) is 38.1 Å². The number of hydrogen-bond donors (Lipinski definition) is 18. The van der Waals surface area contributed by atoms with Crippen LogP contribution < -0.4 is 64.6 Å². The zero-order chi connectivity index (χ0) is 64.8. The van der Waals surface area contributed by atoms with E-state index < -0.39 is 182 Å². The second-order valence-corrected chi connectivity index (χ2v) is 21.2. The summed E-state index contributed by atoms with van der Waals surface area (Å²) in [4.78, 5) is 172. The third-order valence-electron chi connectivity index (χ3n) is 13.8. The lowest BCUT2D eigenvalue weighted by Gasteiger charge is -2.29. The number of carboxylic acid groups (broad SMARTS) is 4. The second kappa shape index (κ2) is 37.5. The van der Waals surface area contributed by atoms with Crippen LogP contribution in [0.4, 0.5) is 0 Å². The lowest BCUT2D eigenvalue weighted by atomic mass is 9.99. The monoisotopic (exact) mass is 1230 g/mol. The summed E-state index contributed by atoms with van der Waals surface area (Å²) in [6, 6.07) is -2.76. The quantitative estimate of drug-likeness (QED) is 0.0293. The number of carboxylic acids is 4. The summed E-state index contributed by atoms with van der Waals surface area (Å²) in [6.45, 7) is 3.42. The highest BCUT2D eigenvalue weighted by Gasteiger charge is 2.37. The van der Waals surface area contributed by atoms with Crippen molar-refractivity contribution in [3.8, 4) is 11.5 Å². The number of amides is 9. The van der Waals surface area contributed by atoms with Gasteiger partial charge in [-0.15, -0.1) is 0 Å². The molecule has 87 heavy (non-hydrogen) atoms. The molecule has 0 radical (unpaired) electrons. The first kappa shape index (κ1) is 72.3. The Kier molecular flexibility index (Phi) is 31.1. The molecule has 31 nitrogen and oxygen atoms in total. The van der Waals surface area contributed by atoms with Crippen LogP contribution in [-0.4, -0.2) is 188 Å². The highest BCUT2D eigenvalue weighted by atomic mass is 16.4. The Hall–Kier alpha value is -8.97. The minimum atomic E-state index is -2.07. The Labute approximate surface area is 501 Å². The summed E-state index contributed by atoms with van der Waals surface area (Å²) >= 11 is 0. The van der Waals surface area contributed by atoms with Crippen LogP contribution in [0.25, 0.3) is 0 Å². The minimum Gasteiger partial charge on any atom is -0.508 e. The number of aromatic hydroxyl groups is 2. The van der Waals surface area contributed by atoms with Gasteiger partial charge in [0.15, 0.2) is 0 Å². The van der Waals surface area contributed by atoms with Gasteiger partial charge in [0, 0.05) is 25.7 Å². The van der Waals surface area contributed by atoms with Crippen molar-refractivity contribution in [1.29, 1.82) is 0 Å². The molecule has 0 unspecified atom stereocenters. The topological polar surface area (TPSA) is 516 Å². The fraction of sp³-hybridized carbons (Fsp3) is 0.554. The average molecular weight is 1230 g/mol. The van der Waals surface area contributed by atoms with Crippen molar-refractivity contribution in [2.24, 2.45) is 17.4 Å². The fourth-order valence-corrected chi connectivity index (χ4v) is 8.98. The van der Waals surface area contributed by atoms with E-state index in [4.69, 9.17) is 11.5 Å². The molecule has 0 aromatic heterocycles. The fourth-order valence-electron chi connectivity index (χ4n) is 8.98. The van der Waals surface area contributed by atoms with Crippen molar-refractivity contribution in [2.45, 2.75) is 165 Å². The van der Waals surface area contributed by atoms with E-state index in [0.29, 0.717) is 50.8 Å². The van der Waals surface area contributed by atoms with Crippen molar-refractivity contribution in [3.63, 3.8) is 0 Å². The summed E-state index contributed by atoms with van der Waals surface area (Å²) in [5.41, 5.74) is 11.8. The summed E-state index contributed by atoms with van der Waals surface area (Å²) in [5.74, 6) is -16.0. The van der Waals surface area contributed by atoms with E-state index in [-0.39, 0.29) is 42.9 Å². The number of unbranched alkanes of at least 4 members (excludes halogenated alkanes) is 2. The van der Waals surface area contributed by atoms with Gasteiger partial charge in [0.25, 0.3) is 0 Å². The molecule has 1 aliphatic heterocycles. The van der Waals surface area contributed by atoms with Gasteiger partial charge in [-0.3, -0.25) is 57.5 Å². The number of nitrogens with one attached hydrogen (secondary N) is 10. The normalized spacial score (nSPS) is 15.5. The molecule has 1 fully saturated rings. The zero-order valence-corrected chi connectivity index (χ0v) is 48.5. The summed E-state index contributed by atoms with van der Waals surface area (Å²) in [7, 11) is 0. The number of hydrogen-bond acceptors (Lipinski definition) is 18. The third-order valence-corrected chi connectivity index (χ3v) is 13.8. The standard InChI is InChI=1S/C56H82N12O19/c1-30(2)47(68-52(82)36(8-3-5-23-57)62-49(79)35-10-7-25-59-35)55(85)67-41(27-32-13-17-34(70)18-14-32)53(83)66-42(28-46(76)77)54(84)63-38(20-22-45(74)75)51(81)65-40(26-31-11-15-33(69)16-12-31)48(78)60-29-43(71)61-37(19-21-44(72)73)50(80)64-39(56(86)87)9-4-6-24-58/h11-18,30,35-42,47,59,69-70H,3-10,19-29,57-58H2,1-2H3,(H,60,78)(H,61,71)(H,62,79)(H,63,84)(H,64,80)(H,65,81)(H,66,83)(H,67,85)(H,68,82)(H,72,73)(H,74,75)(H,76,77)(H,86,87)/t35-,36-,37-,38-,39-,40-,41-,42-,47-/m0/s1. The van der Waals surface area contributed by atoms with Gasteiger partial charge in [-0.2, -0.15) is 0 Å². The Balaban J connectivity index is 1.92. The van der Waals surface area contributed by atoms with E-state index in [2.05, 4.69) is 53.2 Å². The van der Waals surface area contributed by atoms with E-state index in [9.17, 15) is 93.0 Å². The van der Waals surface area contributed by atoms with Crippen LogP contribution in [-0.2, 0) is 75.2 Å². The molecule has 9 amide bonds. The van der Waals surface area contributed by atoms with Gasteiger partial charge in [-0.05, 0) is 125 Å². The van der Waals surface area contributed by atoms with Crippen molar-refractivity contribution < 1.29 is 93.0 Å². The third kappa shape index (κ3) is 26.9. The predicted octanol–water partition coefficient (Wildman–Crippen LogP) is -3.17. The highest BCUT2D eigenvalue weighted by molar-refractivity contribution is 5.99. The summed E-state index contributed by atoms with van der Waals surface area (Å²) < 4.78 is 0. The maximum Gasteiger partial charge on any atom is 0.326 e. The molecule has 3 rings (SSSR count). The molecule has 2 aromatic carbocycles. The van der Waals surface area contributed by atoms with Crippen molar-refractivity contribution in [2.75, 3.05) is 26.2 Å². The molecule has 1 aliphatic rings. The first-order chi connectivity index (χ1) is 41.2. The molecular weight excluding hydrogens is 1140 g/mol. The van der Waals surface area contributed by atoms with E-state index in [1.807, 2.05) is 0 Å². The van der Waals surface area contributed by atoms with Crippen LogP contribution >= 0.6 is 0 Å². The largest absolute Gasteiger partial charge is 0.508 e. The Bertz CT molecular complexity index is 2690. The van der Waals surface area contributed by atoms with Gasteiger partial charge in [-0.25, -0.2) is 4.79 Å². The van der Waals surface area contributed by atoms with Gasteiger partial charge >= 0.3 is 23.9 Å². The van der Waals surface area contributed by atoms with E-state index >= 15 is 0 Å². The van der Waals surface area contributed by atoms with Crippen molar-refractivity contribution >= 4 is 77.0 Å². The summed E-state index contributed by atoms with van der Waals surface area (Å²) in [5, 5.41) is 83.2. The van der Waals surface area contributed by atoms with Crippen LogP contribution in [0.2, 0.25) is 0 Å². The van der Waals surface area contributed by atoms with Gasteiger partial charge in [0.1, 0.15) is 59.8 Å². The number of carbonyl (C=O) groups is 13. The lowest BCUT2D eigenvalue weighted by molar-refractivity contribution is -0.143. The Morgan fingerprint density at radius 1 is 0.494 bits per heavy atom. The molecule has 0 bridgehead atoms. The van der Waals surface area contributed by atoms with E-state index in [1.165, 1.54) is 48.5 Å². The van der Waals surface area contributed by atoms with Gasteiger partial charge in [0.05, 0.1) is 19.0 Å². The molecule has 1 heterocycles. The summed E-state index contributed by atoms with van der Waals surface area (Å²) in [6.07, 6.45) is -1.47. The average Bonchev–Trinajstić information content (AvgIpc) is 3.40. The molecule has 2 aromatic rings. The van der Waals surface area contributed by atoms with Gasteiger partial charge in [0.2, 0.25) is 53.2 Å². The first-order valence-electron chi connectivity index (χ1n) is 28.5. The number of carbonyl (C=O) groups excluding carboxylic acids is 9. The van der Waals surface area contributed by atoms with Crippen LogP contribution in [0.15, 0.2) is 48.5 Å². The SMILES string of the molecule is CC(C)[C@H](NC(=O)[C@H](CCCCN)NC(=O)[C@@H]1CCCN1)C(=O)N[C@@H](Cc1ccc(O)cc1)C(=O)N[C@@H](CC(=O)O)C(=O)N[C@@H](CCC(=O)O)C(=O)N[C@@H](Cc1ccc(O)cc1)C(=O)NCC(=O)N[C@@H](CCC(=O)O)C(=O)N[C@@H](CCCCN)C(=O)O. The van der Waals surface area contributed by atoms with E-state index in [1.54, 1.807) is 13.8 Å². The molecule has 0 aliphatic carbocycles. The van der Waals surface area contributed by atoms with E-state index in [0.717, 1.165) is 6.42 Å². The van der Waals surface area contributed by atoms with Crippen molar-refractivity contribution in [3.05, 3.63) is 59.7 Å². The molecule has 0 saturated carbocycles. The zero-order valence-electron chi connectivity index (χ0n) is 48.5. The predicted molar refractivity (Wildman–Crippen MR) is 307 cm³/mol. The number of phenolic OH excluding ortho intramolecular Hbond substituents is 2. The Morgan fingerprint density at radius 3 is 1.39 bits per heavy atom. The van der Waals surface area contributed by atoms with Crippen LogP contribution in [0.5, 0.6) is 11.5 Å². The molecule has 20 N–H and O–H groups in total. The van der Waals surface area contributed by atoms with Crippen molar-refractivity contribution in [1.82, 2.24) is 53.2 Å². The second-order valence-electron chi connectivity index (χ2n) is 21.2. The highest BCUT2D eigenvalue weighted by Crippen LogP contribution is 2.16. The molecular formula is C56H82N12O19. The van der Waals surface area contributed by atoms with Crippen LogP contribution in [0.1, 0.15) is 108 Å². The van der Waals surface area contributed by atoms with Crippen LogP contribution in [0, 0.1) is 5.92 Å². The Morgan fingerprint density at radius 2 is 0.920 bits per heavy atom. The maximum absolute atomic E-state index is 14.4. The molecule has 9 atom stereocenters. The molecule has 1 saturated heterocycles. The number of phenols is 2.